The molecule has 104 valence electrons. The van der Waals surface area contributed by atoms with Gasteiger partial charge in [0, 0.05) is 5.56 Å². The Morgan fingerprint density at radius 3 is 1.85 bits per heavy atom. The Morgan fingerprint density at radius 2 is 1.40 bits per heavy atom. The van der Waals surface area contributed by atoms with Gasteiger partial charge in [-0.05, 0) is 42.0 Å². The summed E-state index contributed by atoms with van der Waals surface area (Å²) in [7, 11) is 0. The molecule has 0 aliphatic heterocycles. The summed E-state index contributed by atoms with van der Waals surface area (Å²) in [5.41, 5.74) is -2.08. The molecule has 0 aliphatic rings. The highest BCUT2D eigenvalue weighted by molar-refractivity contribution is 6.02. The molecule has 0 spiro atoms. The van der Waals surface area contributed by atoms with Crippen LogP contribution in [0.25, 0.3) is 0 Å². The number of aliphatic hydroxyl groups is 2. The minimum absolute atomic E-state index is 0.0484. The van der Waals surface area contributed by atoms with Gasteiger partial charge < -0.3 is 10.2 Å². The summed E-state index contributed by atoms with van der Waals surface area (Å²) in [4.78, 5) is 12.3. The summed E-state index contributed by atoms with van der Waals surface area (Å²) >= 11 is 0. The zero-order valence-corrected chi connectivity index (χ0v) is 10.4. The predicted octanol–water partition coefficient (Wildman–Crippen LogP) is 2.03. The molecule has 0 aliphatic carbocycles. The Morgan fingerprint density at radius 1 is 0.950 bits per heavy atom. The number of halogens is 2. The third-order valence-corrected chi connectivity index (χ3v) is 3.03. The van der Waals surface area contributed by atoms with Gasteiger partial charge in [0.05, 0.1) is 6.61 Å². The van der Waals surface area contributed by atoms with Crippen LogP contribution >= 0.6 is 0 Å². The number of ketones is 1. The third kappa shape index (κ3) is 2.59. The Labute approximate surface area is 114 Å². The lowest BCUT2D eigenvalue weighted by molar-refractivity contribution is -0.00404. The molecule has 3 nitrogen and oxygen atoms in total. The van der Waals surface area contributed by atoms with Crippen LogP contribution in [0.4, 0.5) is 8.78 Å². The molecule has 2 N–H and O–H groups in total. The van der Waals surface area contributed by atoms with Gasteiger partial charge in [-0.3, -0.25) is 4.79 Å². The zero-order valence-electron chi connectivity index (χ0n) is 10.4. The van der Waals surface area contributed by atoms with E-state index in [0.717, 1.165) is 24.3 Å². The van der Waals surface area contributed by atoms with E-state index < -0.39 is 29.6 Å². The zero-order chi connectivity index (χ0) is 14.8. The monoisotopic (exact) mass is 278 g/mol. The minimum Gasteiger partial charge on any atom is -0.393 e. The topological polar surface area (TPSA) is 57.5 Å². The van der Waals surface area contributed by atoms with Crippen molar-refractivity contribution in [3.05, 3.63) is 71.3 Å². The number of Topliss-reactive ketones (excluding diaryl/α,β-unsaturated/α-hetero) is 1. The summed E-state index contributed by atoms with van der Waals surface area (Å²) in [6, 6.07) is 9.16. The van der Waals surface area contributed by atoms with E-state index in [2.05, 4.69) is 0 Å². The van der Waals surface area contributed by atoms with Gasteiger partial charge in [0.2, 0.25) is 5.78 Å². The molecule has 20 heavy (non-hydrogen) atoms. The van der Waals surface area contributed by atoms with Crippen molar-refractivity contribution in [2.75, 3.05) is 6.61 Å². The normalized spacial score (nSPS) is 13.8. The van der Waals surface area contributed by atoms with Crippen molar-refractivity contribution in [1.29, 1.82) is 0 Å². The average molecular weight is 278 g/mol. The van der Waals surface area contributed by atoms with Crippen LogP contribution < -0.4 is 0 Å². The van der Waals surface area contributed by atoms with Crippen LogP contribution in [0.15, 0.2) is 48.5 Å². The summed E-state index contributed by atoms with van der Waals surface area (Å²) in [5.74, 6) is -1.83. The number of aliphatic hydroxyl groups excluding tert-OH is 1. The Balaban J connectivity index is 2.42. The smallest absolute Gasteiger partial charge is 0.201 e. The van der Waals surface area contributed by atoms with E-state index in [-0.39, 0.29) is 11.1 Å². The minimum atomic E-state index is -2.19. The lowest BCUT2D eigenvalue weighted by atomic mass is 9.86. The molecule has 0 heterocycles. The van der Waals surface area contributed by atoms with Crippen LogP contribution in [0.5, 0.6) is 0 Å². The highest BCUT2D eigenvalue weighted by atomic mass is 19.1. The first-order valence-corrected chi connectivity index (χ1v) is 5.87. The van der Waals surface area contributed by atoms with Gasteiger partial charge in [0.25, 0.3) is 0 Å². The standard InChI is InChI=1S/C15H12F2O3/c16-12-5-1-10(2-6-12)14(19)15(20,9-18)11-3-7-13(17)8-4-11/h1-8,18,20H,9H2/t15-/m0/s1. The highest BCUT2D eigenvalue weighted by Crippen LogP contribution is 2.26. The van der Waals surface area contributed by atoms with E-state index >= 15 is 0 Å². The maximum Gasteiger partial charge on any atom is 0.201 e. The largest absolute Gasteiger partial charge is 0.393 e. The molecule has 2 aromatic carbocycles. The fourth-order valence-electron chi connectivity index (χ4n) is 1.86. The molecule has 0 fully saturated rings. The average Bonchev–Trinajstić information content (AvgIpc) is 2.47. The second kappa shape index (κ2) is 5.48. The van der Waals surface area contributed by atoms with Gasteiger partial charge in [-0.25, -0.2) is 8.78 Å². The highest BCUT2D eigenvalue weighted by Gasteiger charge is 2.37. The maximum absolute atomic E-state index is 12.9. The van der Waals surface area contributed by atoms with Crippen LogP contribution in [0.2, 0.25) is 0 Å². The van der Waals surface area contributed by atoms with E-state index in [1.54, 1.807) is 0 Å². The van der Waals surface area contributed by atoms with Crippen LogP contribution in [-0.4, -0.2) is 22.6 Å². The number of carbonyl (C=O) groups excluding carboxylic acids is 1. The number of hydrogen-bond donors (Lipinski definition) is 2. The van der Waals surface area contributed by atoms with Crippen LogP contribution in [0, 0.1) is 11.6 Å². The molecule has 0 amide bonds. The molecular formula is C15H12F2O3. The fraction of sp³-hybridized carbons (Fsp3) is 0.133. The Hall–Kier alpha value is -2.11. The van der Waals surface area contributed by atoms with Crippen molar-refractivity contribution in [1.82, 2.24) is 0 Å². The first-order valence-electron chi connectivity index (χ1n) is 5.87. The van der Waals surface area contributed by atoms with Gasteiger partial charge in [-0.15, -0.1) is 0 Å². The van der Waals surface area contributed by atoms with Crippen LogP contribution in [0.3, 0.4) is 0 Å². The van der Waals surface area contributed by atoms with Crippen molar-refractivity contribution >= 4 is 5.78 Å². The van der Waals surface area contributed by atoms with Gasteiger partial charge >= 0.3 is 0 Å². The summed E-state index contributed by atoms with van der Waals surface area (Å²) in [6.45, 7) is -0.866. The van der Waals surface area contributed by atoms with Gasteiger partial charge in [-0.2, -0.15) is 0 Å². The molecular weight excluding hydrogens is 266 g/mol. The summed E-state index contributed by atoms with van der Waals surface area (Å²) < 4.78 is 25.7. The molecule has 5 heteroatoms. The van der Waals surface area contributed by atoms with E-state index in [1.807, 2.05) is 0 Å². The first-order chi connectivity index (χ1) is 9.47. The fourth-order valence-corrected chi connectivity index (χ4v) is 1.86. The van der Waals surface area contributed by atoms with Gasteiger partial charge in [0.1, 0.15) is 11.6 Å². The molecule has 0 bridgehead atoms. The molecule has 2 aromatic rings. The second-order valence-electron chi connectivity index (χ2n) is 4.36. The quantitative estimate of drug-likeness (QED) is 0.841. The Bertz CT molecular complexity index is 608. The van der Waals surface area contributed by atoms with Crippen molar-refractivity contribution in [3.8, 4) is 0 Å². The van der Waals surface area contributed by atoms with Gasteiger partial charge in [0.15, 0.2) is 5.60 Å². The van der Waals surface area contributed by atoms with Crippen molar-refractivity contribution in [2.45, 2.75) is 5.60 Å². The number of rotatable bonds is 4. The molecule has 0 saturated carbocycles. The number of hydrogen-bond acceptors (Lipinski definition) is 3. The van der Waals surface area contributed by atoms with Crippen molar-refractivity contribution in [2.24, 2.45) is 0 Å². The molecule has 0 unspecified atom stereocenters. The Kier molecular flexibility index (Phi) is 3.92. The SMILES string of the molecule is O=C(c1ccc(F)cc1)[C@](O)(CO)c1ccc(F)cc1. The summed E-state index contributed by atoms with van der Waals surface area (Å²) in [6.07, 6.45) is 0. The second-order valence-corrected chi connectivity index (χ2v) is 4.36. The van der Waals surface area contributed by atoms with E-state index in [1.165, 1.54) is 24.3 Å². The van der Waals surface area contributed by atoms with E-state index in [4.69, 9.17) is 0 Å². The predicted molar refractivity (Wildman–Crippen MR) is 68.1 cm³/mol. The molecule has 1 atom stereocenters. The number of carbonyl (C=O) groups is 1. The van der Waals surface area contributed by atoms with Crippen molar-refractivity contribution in [3.63, 3.8) is 0 Å². The van der Waals surface area contributed by atoms with Gasteiger partial charge in [-0.1, -0.05) is 12.1 Å². The molecule has 2 rings (SSSR count). The lowest BCUT2D eigenvalue weighted by Gasteiger charge is -2.25. The van der Waals surface area contributed by atoms with Crippen LogP contribution in [0.1, 0.15) is 15.9 Å². The maximum atomic E-state index is 12.9. The van der Waals surface area contributed by atoms with E-state index in [9.17, 15) is 23.8 Å². The molecule has 0 radical (unpaired) electrons. The number of benzene rings is 2. The lowest BCUT2D eigenvalue weighted by Crippen LogP contribution is -2.39. The molecule has 0 aromatic heterocycles. The van der Waals surface area contributed by atoms with E-state index in [0.29, 0.717) is 0 Å². The molecule has 0 saturated heterocycles. The first kappa shape index (κ1) is 14.3. The summed E-state index contributed by atoms with van der Waals surface area (Å²) in [5, 5.41) is 19.7. The van der Waals surface area contributed by atoms with Crippen LogP contribution in [-0.2, 0) is 5.60 Å². The third-order valence-electron chi connectivity index (χ3n) is 3.03. The van der Waals surface area contributed by atoms with Crippen molar-refractivity contribution < 1.29 is 23.8 Å².